The monoisotopic (exact) mass is 361 g/mol. The third kappa shape index (κ3) is 6.31. The summed E-state index contributed by atoms with van der Waals surface area (Å²) in [7, 11) is 1.35. The van der Waals surface area contributed by atoms with Crippen LogP contribution < -0.4 is 5.32 Å². The lowest BCUT2D eigenvalue weighted by Gasteiger charge is -2.44. The fourth-order valence-electron chi connectivity index (χ4n) is 2.51. The second-order valence-electron chi connectivity index (χ2n) is 5.46. The molecule has 1 fully saturated rings. The number of esters is 3. The minimum Gasteiger partial charge on any atom is -0.463 e. The Balaban J connectivity index is 3.16. The van der Waals surface area contributed by atoms with Gasteiger partial charge in [-0.25, -0.2) is 0 Å². The van der Waals surface area contributed by atoms with Crippen molar-refractivity contribution in [1.82, 2.24) is 5.32 Å². The molecule has 10 nitrogen and oxygen atoms in total. The van der Waals surface area contributed by atoms with Gasteiger partial charge < -0.3 is 29.0 Å². The number of hydrogen-bond donors (Lipinski definition) is 1. The van der Waals surface area contributed by atoms with Gasteiger partial charge in [0.25, 0.3) is 0 Å². The summed E-state index contributed by atoms with van der Waals surface area (Å²) in [5, 5.41) is 2.54. The predicted molar refractivity (Wildman–Crippen MR) is 81.0 cm³/mol. The third-order valence-corrected chi connectivity index (χ3v) is 3.32. The number of amides is 1. The number of carbonyl (C=O) groups is 4. The largest absolute Gasteiger partial charge is 0.463 e. The van der Waals surface area contributed by atoms with Crippen molar-refractivity contribution in [1.29, 1.82) is 0 Å². The van der Waals surface area contributed by atoms with Gasteiger partial charge in [0.05, 0.1) is 0 Å². The summed E-state index contributed by atoms with van der Waals surface area (Å²) >= 11 is 0. The van der Waals surface area contributed by atoms with E-state index in [2.05, 4.69) is 5.32 Å². The number of carbonyl (C=O) groups excluding carboxylic acids is 4. The average Bonchev–Trinajstić information content (AvgIpc) is 2.47. The van der Waals surface area contributed by atoms with Crippen molar-refractivity contribution in [2.75, 3.05) is 13.7 Å². The maximum Gasteiger partial charge on any atom is 0.305 e. The van der Waals surface area contributed by atoms with Crippen LogP contribution >= 0.6 is 0 Å². The smallest absolute Gasteiger partial charge is 0.305 e. The molecule has 0 radical (unpaired) electrons. The molecule has 0 aromatic carbocycles. The van der Waals surface area contributed by atoms with E-state index in [1.54, 1.807) is 0 Å². The predicted octanol–water partition coefficient (Wildman–Crippen LogP) is -0.711. The fraction of sp³-hybridized carbons (Fsp3) is 0.733. The van der Waals surface area contributed by atoms with Crippen molar-refractivity contribution in [3.63, 3.8) is 0 Å². The minimum absolute atomic E-state index is 0.212. The topological polar surface area (TPSA) is 126 Å². The maximum absolute atomic E-state index is 11.5. The fourth-order valence-corrected chi connectivity index (χ4v) is 2.51. The van der Waals surface area contributed by atoms with E-state index in [0.29, 0.717) is 0 Å². The standard InChI is InChI=1S/C15H23NO9/c1-7(17)16-12-14(23-9(3)19)13(21-5)11(6-22-8(2)18)25-15(12)24-10(4)20/h11-15H,6H2,1-5H3,(H,16,17)/t11?,12?,13-,14?,15-/m1/s1. The first-order chi connectivity index (χ1) is 11.6. The lowest BCUT2D eigenvalue weighted by Crippen LogP contribution is -2.66. The number of rotatable bonds is 6. The van der Waals surface area contributed by atoms with E-state index in [0.717, 1.165) is 0 Å². The Bertz CT molecular complexity index is 521. The maximum atomic E-state index is 11.5. The second-order valence-corrected chi connectivity index (χ2v) is 5.46. The van der Waals surface area contributed by atoms with Gasteiger partial charge in [-0.1, -0.05) is 0 Å². The number of methoxy groups -OCH3 is 1. The third-order valence-electron chi connectivity index (χ3n) is 3.32. The summed E-state index contributed by atoms with van der Waals surface area (Å²) in [6, 6.07) is -0.996. The first kappa shape index (κ1) is 20.8. The number of ether oxygens (including phenoxy) is 5. The van der Waals surface area contributed by atoms with Gasteiger partial charge in [0.2, 0.25) is 12.2 Å². The molecule has 0 aliphatic carbocycles. The van der Waals surface area contributed by atoms with Crippen molar-refractivity contribution in [2.24, 2.45) is 0 Å². The first-order valence-electron chi connectivity index (χ1n) is 7.58. The van der Waals surface area contributed by atoms with E-state index >= 15 is 0 Å². The van der Waals surface area contributed by atoms with Gasteiger partial charge in [-0.15, -0.1) is 0 Å². The zero-order valence-corrected chi connectivity index (χ0v) is 14.8. The zero-order chi connectivity index (χ0) is 19.1. The van der Waals surface area contributed by atoms with Crippen LogP contribution in [0.15, 0.2) is 0 Å². The van der Waals surface area contributed by atoms with Crippen LogP contribution in [-0.4, -0.2) is 68.2 Å². The lowest BCUT2D eigenvalue weighted by molar-refractivity contribution is -0.271. The Hall–Kier alpha value is -2.20. The normalized spacial score (nSPS) is 28.6. The van der Waals surface area contributed by atoms with Crippen LogP contribution in [0.1, 0.15) is 27.7 Å². The van der Waals surface area contributed by atoms with Crippen LogP contribution in [0.2, 0.25) is 0 Å². The van der Waals surface area contributed by atoms with Crippen LogP contribution in [0.4, 0.5) is 0 Å². The van der Waals surface area contributed by atoms with Gasteiger partial charge in [0.1, 0.15) is 24.9 Å². The van der Waals surface area contributed by atoms with Crippen molar-refractivity contribution in [3.05, 3.63) is 0 Å². The second kappa shape index (κ2) is 9.33. The summed E-state index contributed by atoms with van der Waals surface area (Å²) in [5.74, 6) is -2.28. The molecule has 3 unspecified atom stereocenters. The molecule has 1 N–H and O–H groups in total. The van der Waals surface area contributed by atoms with Gasteiger partial charge >= 0.3 is 17.9 Å². The van der Waals surface area contributed by atoms with Crippen molar-refractivity contribution >= 4 is 23.8 Å². The summed E-state index contributed by atoms with van der Waals surface area (Å²) in [5.41, 5.74) is 0. The highest BCUT2D eigenvalue weighted by atomic mass is 16.7. The van der Waals surface area contributed by atoms with E-state index < -0.39 is 54.5 Å². The first-order valence-corrected chi connectivity index (χ1v) is 7.58. The van der Waals surface area contributed by atoms with Crippen molar-refractivity contribution < 1.29 is 42.9 Å². The molecular formula is C15H23NO9. The molecule has 0 spiro atoms. The van der Waals surface area contributed by atoms with Crippen LogP contribution in [0.3, 0.4) is 0 Å². The van der Waals surface area contributed by atoms with Crippen LogP contribution in [0, 0.1) is 0 Å². The molecular weight excluding hydrogens is 338 g/mol. The van der Waals surface area contributed by atoms with Gasteiger partial charge in [0, 0.05) is 34.8 Å². The van der Waals surface area contributed by atoms with Crippen LogP contribution in [0.5, 0.6) is 0 Å². The van der Waals surface area contributed by atoms with Crippen LogP contribution in [0.25, 0.3) is 0 Å². The molecule has 10 heteroatoms. The molecule has 0 aromatic heterocycles. The average molecular weight is 361 g/mol. The Kier molecular flexibility index (Phi) is 7.78. The van der Waals surface area contributed by atoms with Gasteiger partial charge in [-0.2, -0.15) is 0 Å². The van der Waals surface area contributed by atoms with Gasteiger partial charge in [-0.3, -0.25) is 19.2 Å². The number of nitrogens with one attached hydrogen (secondary N) is 1. The lowest BCUT2D eigenvalue weighted by atomic mass is 9.96. The molecule has 1 amide bonds. The quantitative estimate of drug-likeness (QED) is 0.482. The Morgan fingerprint density at radius 1 is 0.920 bits per heavy atom. The van der Waals surface area contributed by atoms with Gasteiger partial charge in [0.15, 0.2) is 6.10 Å². The minimum atomic E-state index is -1.25. The molecule has 1 aliphatic rings. The molecule has 1 heterocycles. The summed E-state index contributed by atoms with van der Waals surface area (Å²) in [6.07, 6.45) is -4.03. The number of hydrogen-bond acceptors (Lipinski definition) is 9. The van der Waals surface area contributed by atoms with Gasteiger partial charge in [-0.05, 0) is 0 Å². The van der Waals surface area contributed by atoms with E-state index in [4.69, 9.17) is 23.7 Å². The van der Waals surface area contributed by atoms with Crippen molar-refractivity contribution in [3.8, 4) is 0 Å². The Morgan fingerprint density at radius 2 is 1.52 bits per heavy atom. The molecule has 1 aliphatic heterocycles. The molecule has 0 aromatic rings. The summed E-state index contributed by atoms with van der Waals surface area (Å²) < 4.78 is 26.2. The summed E-state index contributed by atoms with van der Waals surface area (Å²) in [6.45, 7) is 4.61. The van der Waals surface area contributed by atoms with E-state index in [1.165, 1.54) is 34.8 Å². The molecule has 1 saturated heterocycles. The van der Waals surface area contributed by atoms with E-state index in [9.17, 15) is 19.2 Å². The SMILES string of the molecule is CO[C@@H]1C(COC(C)=O)O[C@@H](OC(C)=O)C(NC(C)=O)C1OC(C)=O. The molecule has 142 valence electrons. The molecule has 5 atom stereocenters. The molecule has 0 saturated carbocycles. The van der Waals surface area contributed by atoms with E-state index in [1.807, 2.05) is 0 Å². The van der Waals surface area contributed by atoms with Crippen molar-refractivity contribution in [2.45, 2.75) is 58.3 Å². The highest BCUT2D eigenvalue weighted by molar-refractivity contribution is 5.74. The zero-order valence-electron chi connectivity index (χ0n) is 14.8. The van der Waals surface area contributed by atoms with Crippen LogP contribution in [-0.2, 0) is 42.9 Å². The highest BCUT2D eigenvalue weighted by Gasteiger charge is 2.50. The highest BCUT2D eigenvalue weighted by Crippen LogP contribution is 2.27. The Morgan fingerprint density at radius 3 is 1.96 bits per heavy atom. The molecule has 1 rings (SSSR count). The Labute approximate surface area is 145 Å². The molecule has 25 heavy (non-hydrogen) atoms. The summed E-state index contributed by atoms with van der Waals surface area (Å²) in [4.78, 5) is 45.4. The van der Waals surface area contributed by atoms with E-state index in [-0.39, 0.29) is 6.61 Å². The molecule has 0 bridgehead atoms.